The molecule has 1 unspecified atom stereocenters. The Morgan fingerprint density at radius 2 is 2.19 bits per heavy atom. The van der Waals surface area contributed by atoms with Gasteiger partial charge in [-0.05, 0) is 38.0 Å². The molecule has 1 aromatic rings. The van der Waals surface area contributed by atoms with Crippen LogP contribution in [0.25, 0.3) is 0 Å². The molecule has 0 heterocycles. The van der Waals surface area contributed by atoms with Gasteiger partial charge in [-0.2, -0.15) is 0 Å². The van der Waals surface area contributed by atoms with Crippen molar-refractivity contribution in [2.24, 2.45) is 0 Å². The predicted molar refractivity (Wildman–Crippen MR) is 66.8 cm³/mol. The van der Waals surface area contributed by atoms with Crippen molar-refractivity contribution < 1.29 is 9.84 Å². The fraction of sp³-hybridized carbons (Fsp3) is 0.538. The molecule has 0 aromatic heterocycles. The Kier molecular flexibility index (Phi) is 4.77. The first kappa shape index (κ1) is 13.0. The molecule has 0 spiro atoms. The van der Waals surface area contributed by atoms with E-state index in [1.807, 2.05) is 19.1 Å². The second-order valence-electron chi connectivity index (χ2n) is 4.46. The third-order valence-electron chi connectivity index (χ3n) is 2.67. The zero-order valence-electron chi connectivity index (χ0n) is 10.3. The van der Waals surface area contributed by atoms with Crippen molar-refractivity contribution in [2.45, 2.75) is 25.8 Å². The van der Waals surface area contributed by atoms with E-state index in [1.165, 1.54) is 5.56 Å². The molecule has 0 bridgehead atoms. The summed E-state index contributed by atoms with van der Waals surface area (Å²) in [4.78, 5) is 0. The SMILES string of the molecule is COCCC(C)(CO)Nc1cccc(C)c1. The lowest BCUT2D eigenvalue weighted by Gasteiger charge is -2.29. The number of hydrogen-bond donors (Lipinski definition) is 2. The molecule has 1 atom stereocenters. The third-order valence-corrected chi connectivity index (χ3v) is 2.67. The van der Waals surface area contributed by atoms with Crippen molar-refractivity contribution in [1.82, 2.24) is 0 Å². The zero-order valence-corrected chi connectivity index (χ0v) is 10.3. The molecule has 0 saturated heterocycles. The van der Waals surface area contributed by atoms with Gasteiger partial charge in [0.05, 0.1) is 12.1 Å². The Morgan fingerprint density at radius 3 is 2.75 bits per heavy atom. The van der Waals surface area contributed by atoms with Gasteiger partial charge in [0.25, 0.3) is 0 Å². The van der Waals surface area contributed by atoms with Crippen LogP contribution in [0.3, 0.4) is 0 Å². The molecule has 3 nitrogen and oxygen atoms in total. The molecular formula is C13H21NO2. The number of methoxy groups -OCH3 is 1. The van der Waals surface area contributed by atoms with Gasteiger partial charge in [-0.25, -0.2) is 0 Å². The molecule has 1 aromatic carbocycles. The minimum absolute atomic E-state index is 0.0876. The molecular weight excluding hydrogens is 202 g/mol. The molecule has 0 aliphatic heterocycles. The Balaban J connectivity index is 2.68. The van der Waals surface area contributed by atoms with E-state index in [0.717, 1.165) is 12.1 Å². The van der Waals surface area contributed by atoms with Gasteiger partial charge in [0.2, 0.25) is 0 Å². The highest BCUT2D eigenvalue weighted by atomic mass is 16.5. The van der Waals surface area contributed by atoms with E-state index >= 15 is 0 Å². The summed E-state index contributed by atoms with van der Waals surface area (Å²) < 4.78 is 5.05. The predicted octanol–water partition coefficient (Wildman–Crippen LogP) is 2.19. The maximum absolute atomic E-state index is 9.42. The first-order chi connectivity index (χ1) is 7.59. The van der Waals surface area contributed by atoms with Crippen LogP contribution < -0.4 is 5.32 Å². The van der Waals surface area contributed by atoms with Crippen molar-refractivity contribution in [3.05, 3.63) is 29.8 Å². The Labute approximate surface area is 97.4 Å². The van der Waals surface area contributed by atoms with Crippen LogP contribution in [0.15, 0.2) is 24.3 Å². The van der Waals surface area contributed by atoms with E-state index in [9.17, 15) is 5.11 Å². The van der Waals surface area contributed by atoms with Crippen molar-refractivity contribution >= 4 is 5.69 Å². The van der Waals surface area contributed by atoms with Crippen LogP contribution in [0.4, 0.5) is 5.69 Å². The first-order valence-corrected chi connectivity index (χ1v) is 5.54. The largest absolute Gasteiger partial charge is 0.394 e. The van der Waals surface area contributed by atoms with Gasteiger partial charge in [0, 0.05) is 19.4 Å². The average Bonchev–Trinajstić information content (AvgIpc) is 2.26. The summed E-state index contributed by atoms with van der Waals surface area (Å²) in [5.74, 6) is 0. The summed E-state index contributed by atoms with van der Waals surface area (Å²) in [5.41, 5.74) is 1.91. The maximum atomic E-state index is 9.42. The highest BCUT2D eigenvalue weighted by molar-refractivity contribution is 5.47. The van der Waals surface area contributed by atoms with Gasteiger partial charge in [-0.3, -0.25) is 0 Å². The number of aryl methyl sites for hydroxylation is 1. The molecule has 0 fully saturated rings. The maximum Gasteiger partial charge on any atom is 0.0659 e. The molecule has 1 rings (SSSR count). The smallest absolute Gasteiger partial charge is 0.0659 e. The summed E-state index contributed by atoms with van der Waals surface area (Å²) in [6.45, 7) is 4.77. The number of aliphatic hydroxyl groups excluding tert-OH is 1. The number of benzene rings is 1. The Hall–Kier alpha value is -1.06. The Morgan fingerprint density at radius 1 is 1.44 bits per heavy atom. The molecule has 0 radical (unpaired) electrons. The molecule has 16 heavy (non-hydrogen) atoms. The van der Waals surface area contributed by atoms with Crippen LogP contribution in [0, 0.1) is 6.92 Å². The van der Waals surface area contributed by atoms with E-state index in [1.54, 1.807) is 7.11 Å². The molecule has 3 heteroatoms. The number of nitrogens with one attached hydrogen (secondary N) is 1. The summed E-state index contributed by atoms with van der Waals surface area (Å²) in [5, 5.41) is 12.8. The van der Waals surface area contributed by atoms with E-state index < -0.39 is 0 Å². The van der Waals surface area contributed by atoms with Gasteiger partial charge in [-0.15, -0.1) is 0 Å². The number of aliphatic hydroxyl groups is 1. The van der Waals surface area contributed by atoms with Crippen LogP contribution >= 0.6 is 0 Å². The van der Waals surface area contributed by atoms with Gasteiger partial charge < -0.3 is 15.2 Å². The average molecular weight is 223 g/mol. The van der Waals surface area contributed by atoms with Crippen LogP contribution in [0.1, 0.15) is 18.9 Å². The van der Waals surface area contributed by atoms with E-state index in [0.29, 0.717) is 6.61 Å². The lowest BCUT2D eigenvalue weighted by Crippen LogP contribution is -2.39. The van der Waals surface area contributed by atoms with Gasteiger partial charge >= 0.3 is 0 Å². The minimum atomic E-state index is -0.330. The van der Waals surface area contributed by atoms with Crippen molar-refractivity contribution in [1.29, 1.82) is 0 Å². The second-order valence-corrected chi connectivity index (χ2v) is 4.46. The van der Waals surface area contributed by atoms with Crippen LogP contribution in [-0.4, -0.2) is 31.0 Å². The second kappa shape index (κ2) is 5.87. The van der Waals surface area contributed by atoms with E-state index in [2.05, 4.69) is 24.4 Å². The molecule has 0 aliphatic carbocycles. The summed E-state index contributed by atoms with van der Waals surface area (Å²) in [6, 6.07) is 8.14. The molecule has 90 valence electrons. The molecule has 0 saturated carbocycles. The summed E-state index contributed by atoms with van der Waals surface area (Å²) in [7, 11) is 1.67. The first-order valence-electron chi connectivity index (χ1n) is 5.54. The lowest BCUT2D eigenvalue weighted by molar-refractivity contribution is 0.146. The van der Waals surface area contributed by atoms with Gasteiger partial charge in [-0.1, -0.05) is 12.1 Å². The van der Waals surface area contributed by atoms with Gasteiger partial charge in [0.1, 0.15) is 0 Å². The number of ether oxygens (including phenoxy) is 1. The zero-order chi connectivity index (χ0) is 12.0. The Bertz CT molecular complexity index is 327. The molecule has 2 N–H and O–H groups in total. The van der Waals surface area contributed by atoms with Crippen molar-refractivity contribution in [3.8, 4) is 0 Å². The fourth-order valence-electron chi connectivity index (χ4n) is 1.58. The highest BCUT2D eigenvalue weighted by Gasteiger charge is 2.22. The standard InChI is InChI=1S/C13H21NO2/c1-11-5-4-6-12(9-11)14-13(2,10-15)7-8-16-3/h4-6,9,14-15H,7-8,10H2,1-3H3. The molecule has 0 aliphatic rings. The lowest BCUT2D eigenvalue weighted by atomic mass is 9.99. The summed E-state index contributed by atoms with van der Waals surface area (Å²) >= 11 is 0. The monoisotopic (exact) mass is 223 g/mol. The minimum Gasteiger partial charge on any atom is -0.394 e. The van der Waals surface area contributed by atoms with Crippen LogP contribution in [-0.2, 0) is 4.74 Å². The molecule has 0 amide bonds. The number of hydrogen-bond acceptors (Lipinski definition) is 3. The third kappa shape index (κ3) is 3.83. The quantitative estimate of drug-likeness (QED) is 0.776. The van der Waals surface area contributed by atoms with Crippen LogP contribution in [0.5, 0.6) is 0 Å². The highest BCUT2D eigenvalue weighted by Crippen LogP contribution is 2.19. The number of anilines is 1. The normalized spacial score (nSPS) is 14.5. The summed E-state index contributed by atoms with van der Waals surface area (Å²) in [6.07, 6.45) is 0.772. The van der Waals surface area contributed by atoms with E-state index in [-0.39, 0.29) is 12.1 Å². The van der Waals surface area contributed by atoms with E-state index in [4.69, 9.17) is 4.74 Å². The fourth-order valence-corrected chi connectivity index (χ4v) is 1.58. The van der Waals surface area contributed by atoms with Crippen molar-refractivity contribution in [3.63, 3.8) is 0 Å². The van der Waals surface area contributed by atoms with Crippen molar-refractivity contribution in [2.75, 3.05) is 25.6 Å². The van der Waals surface area contributed by atoms with Gasteiger partial charge in [0.15, 0.2) is 0 Å². The van der Waals surface area contributed by atoms with Crippen LogP contribution in [0.2, 0.25) is 0 Å². The topological polar surface area (TPSA) is 41.5 Å². The number of rotatable bonds is 6.